The first-order chi connectivity index (χ1) is 11.7. The third-order valence-electron chi connectivity index (χ3n) is 3.93. The summed E-state index contributed by atoms with van der Waals surface area (Å²) in [6, 6.07) is 20.5. The van der Waals surface area contributed by atoms with E-state index in [0.29, 0.717) is 0 Å². The molecule has 0 fully saturated rings. The first-order valence-electron chi connectivity index (χ1n) is 7.63. The van der Waals surface area contributed by atoms with Gasteiger partial charge in [0.05, 0.1) is 0 Å². The summed E-state index contributed by atoms with van der Waals surface area (Å²) >= 11 is 5.34. The number of rotatable bonds is 3. The van der Waals surface area contributed by atoms with Gasteiger partial charge in [0.1, 0.15) is 23.3 Å². The summed E-state index contributed by atoms with van der Waals surface area (Å²) in [7, 11) is 2.09. The van der Waals surface area contributed by atoms with Gasteiger partial charge >= 0.3 is 0 Å². The second-order valence-electron chi connectivity index (χ2n) is 5.48. The summed E-state index contributed by atoms with van der Waals surface area (Å²) in [4.78, 5) is 0. The molecule has 4 heteroatoms. The normalized spacial score (nSPS) is 11.6. The van der Waals surface area contributed by atoms with Gasteiger partial charge < -0.3 is 4.42 Å². The van der Waals surface area contributed by atoms with E-state index < -0.39 is 0 Å². The topological polar surface area (TPSA) is 17.0 Å². The predicted octanol–water partition coefficient (Wildman–Crippen LogP) is 5.92. The van der Waals surface area contributed by atoms with Crippen LogP contribution >= 0.6 is 27.3 Å². The van der Waals surface area contributed by atoms with Crippen LogP contribution in [0.15, 0.2) is 69.6 Å². The SMILES string of the molecule is C[n+]1c(/C=C/c2ccc(-c3ccccc3Br)o2)sc2ccccc21. The fraction of sp³-hybridized carbons (Fsp3) is 0.0500. The average molecular weight is 397 g/mol. The highest BCUT2D eigenvalue weighted by molar-refractivity contribution is 9.10. The number of nitrogens with zero attached hydrogens (tertiary/aromatic N) is 1. The lowest BCUT2D eigenvalue weighted by Crippen LogP contribution is -2.28. The lowest BCUT2D eigenvalue weighted by Gasteiger charge is -1.99. The van der Waals surface area contributed by atoms with E-state index in [1.165, 1.54) is 15.2 Å². The molecule has 2 nitrogen and oxygen atoms in total. The highest BCUT2D eigenvalue weighted by atomic mass is 79.9. The minimum atomic E-state index is 0.846. The van der Waals surface area contributed by atoms with Gasteiger partial charge in [0.25, 0.3) is 5.01 Å². The second kappa shape index (κ2) is 6.38. The molecule has 0 saturated heterocycles. The molecule has 24 heavy (non-hydrogen) atoms. The van der Waals surface area contributed by atoms with Crippen molar-refractivity contribution in [2.45, 2.75) is 0 Å². The number of halogens is 1. The molecule has 0 amide bonds. The highest BCUT2D eigenvalue weighted by Gasteiger charge is 2.13. The first-order valence-corrected chi connectivity index (χ1v) is 9.24. The van der Waals surface area contributed by atoms with Crippen molar-refractivity contribution in [1.29, 1.82) is 0 Å². The van der Waals surface area contributed by atoms with Crippen molar-refractivity contribution in [3.8, 4) is 11.3 Å². The first kappa shape index (κ1) is 15.4. The molecule has 0 N–H and O–H groups in total. The molecular weight excluding hydrogens is 382 g/mol. The number of benzene rings is 2. The van der Waals surface area contributed by atoms with Gasteiger partial charge in [-0.15, -0.1) is 0 Å². The van der Waals surface area contributed by atoms with Crippen LogP contribution in [0.4, 0.5) is 0 Å². The van der Waals surface area contributed by atoms with E-state index in [0.717, 1.165) is 21.6 Å². The Bertz CT molecular complexity index is 1040. The van der Waals surface area contributed by atoms with E-state index >= 15 is 0 Å². The van der Waals surface area contributed by atoms with Crippen LogP contribution in [-0.2, 0) is 7.05 Å². The maximum atomic E-state index is 5.96. The minimum Gasteiger partial charge on any atom is -0.457 e. The standard InChI is InChI=1S/C20H15BrNOS/c1-22-17-8-4-5-9-19(17)24-20(22)13-11-14-10-12-18(23-14)15-6-2-3-7-16(15)21/h2-13H,1H3/q+1/b13-11+. The van der Waals surface area contributed by atoms with Crippen molar-refractivity contribution >= 4 is 49.6 Å². The zero-order valence-corrected chi connectivity index (χ0v) is 15.5. The summed E-state index contributed by atoms with van der Waals surface area (Å²) in [5.74, 6) is 1.71. The molecule has 0 aliphatic rings. The van der Waals surface area contributed by atoms with Crippen LogP contribution in [0.1, 0.15) is 10.8 Å². The quantitative estimate of drug-likeness (QED) is 0.392. The zero-order valence-electron chi connectivity index (χ0n) is 13.1. The molecule has 0 bridgehead atoms. The van der Waals surface area contributed by atoms with Crippen molar-refractivity contribution in [3.05, 3.63) is 75.9 Å². The largest absolute Gasteiger partial charge is 0.457 e. The van der Waals surface area contributed by atoms with Crippen molar-refractivity contribution in [2.24, 2.45) is 7.05 Å². The maximum Gasteiger partial charge on any atom is 0.262 e. The lowest BCUT2D eigenvalue weighted by atomic mass is 10.2. The van der Waals surface area contributed by atoms with Gasteiger partial charge in [-0.25, -0.2) is 0 Å². The number of para-hydroxylation sites is 1. The van der Waals surface area contributed by atoms with Gasteiger partial charge in [0, 0.05) is 22.2 Å². The average Bonchev–Trinajstić information content (AvgIpc) is 3.19. The van der Waals surface area contributed by atoms with E-state index in [9.17, 15) is 0 Å². The Morgan fingerprint density at radius 2 is 1.75 bits per heavy atom. The second-order valence-corrected chi connectivity index (χ2v) is 7.40. The van der Waals surface area contributed by atoms with E-state index in [2.05, 4.69) is 57.9 Å². The fourth-order valence-electron chi connectivity index (χ4n) is 2.67. The zero-order chi connectivity index (χ0) is 16.5. The van der Waals surface area contributed by atoms with Crippen molar-refractivity contribution < 1.29 is 8.98 Å². The third-order valence-corrected chi connectivity index (χ3v) is 5.80. The maximum absolute atomic E-state index is 5.96. The van der Waals surface area contributed by atoms with Gasteiger partial charge in [0.2, 0.25) is 5.52 Å². The number of hydrogen-bond donors (Lipinski definition) is 0. The summed E-state index contributed by atoms with van der Waals surface area (Å²) in [5, 5.41) is 1.19. The van der Waals surface area contributed by atoms with Crippen LogP contribution in [0.2, 0.25) is 0 Å². The van der Waals surface area contributed by atoms with Gasteiger partial charge in [-0.2, -0.15) is 4.57 Å². The Morgan fingerprint density at radius 1 is 0.958 bits per heavy atom. The molecule has 2 aromatic heterocycles. The molecule has 0 aliphatic heterocycles. The Labute approximate surface area is 152 Å². The molecule has 0 aliphatic carbocycles. The van der Waals surface area contributed by atoms with E-state index in [1.54, 1.807) is 11.3 Å². The van der Waals surface area contributed by atoms with Crippen LogP contribution < -0.4 is 4.57 Å². The number of fused-ring (bicyclic) bond motifs is 1. The summed E-state index contributed by atoms with van der Waals surface area (Å²) in [6.07, 6.45) is 4.12. The molecule has 0 radical (unpaired) electrons. The fourth-order valence-corrected chi connectivity index (χ4v) is 4.20. The number of aryl methyl sites for hydroxylation is 1. The molecule has 0 spiro atoms. The lowest BCUT2D eigenvalue weighted by molar-refractivity contribution is -0.642. The van der Waals surface area contributed by atoms with Crippen molar-refractivity contribution in [1.82, 2.24) is 0 Å². The van der Waals surface area contributed by atoms with E-state index in [4.69, 9.17) is 4.42 Å². The molecule has 4 rings (SSSR count). The Hall–Kier alpha value is -2.17. The van der Waals surface area contributed by atoms with Crippen LogP contribution in [0.5, 0.6) is 0 Å². The molecule has 2 aromatic carbocycles. The highest BCUT2D eigenvalue weighted by Crippen LogP contribution is 2.30. The van der Waals surface area contributed by atoms with Crippen molar-refractivity contribution in [2.75, 3.05) is 0 Å². The Kier molecular flexibility index (Phi) is 4.08. The molecule has 0 atom stereocenters. The van der Waals surface area contributed by atoms with E-state index in [-0.39, 0.29) is 0 Å². The van der Waals surface area contributed by atoms with Crippen LogP contribution in [0, 0.1) is 0 Å². The smallest absolute Gasteiger partial charge is 0.262 e. The molecular formula is C20H15BrNOS+. The molecule has 118 valence electrons. The summed E-state index contributed by atoms with van der Waals surface area (Å²) < 4.78 is 10.5. The van der Waals surface area contributed by atoms with Gasteiger partial charge in [-0.3, -0.25) is 0 Å². The van der Waals surface area contributed by atoms with Gasteiger partial charge in [0.15, 0.2) is 0 Å². The monoisotopic (exact) mass is 396 g/mol. The van der Waals surface area contributed by atoms with Gasteiger partial charge in [-0.1, -0.05) is 57.6 Å². The number of hydrogen-bond acceptors (Lipinski definition) is 2. The number of furan rings is 1. The number of aromatic nitrogens is 1. The molecule has 4 aromatic rings. The Morgan fingerprint density at radius 3 is 2.58 bits per heavy atom. The van der Waals surface area contributed by atoms with Crippen LogP contribution in [0.25, 0.3) is 33.7 Å². The summed E-state index contributed by atoms with van der Waals surface area (Å²) in [6.45, 7) is 0. The van der Waals surface area contributed by atoms with Crippen LogP contribution in [0.3, 0.4) is 0 Å². The molecule has 0 saturated carbocycles. The minimum absolute atomic E-state index is 0.846. The van der Waals surface area contributed by atoms with Gasteiger partial charge in [-0.05, 0) is 30.3 Å². The molecule has 2 heterocycles. The van der Waals surface area contributed by atoms with E-state index in [1.807, 2.05) is 42.5 Å². The third kappa shape index (κ3) is 2.83. The number of thiazole rings is 1. The summed E-state index contributed by atoms with van der Waals surface area (Å²) in [5.41, 5.74) is 2.31. The van der Waals surface area contributed by atoms with Crippen molar-refractivity contribution in [3.63, 3.8) is 0 Å². The molecule has 0 unspecified atom stereocenters. The predicted molar refractivity (Wildman–Crippen MR) is 104 cm³/mol. The Balaban J connectivity index is 1.65. The van der Waals surface area contributed by atoms with Crippen LogP contribution in [-0.4, -0.2) is 0 Å².